The number of esters is 1. The van der Waals surface area contributed by atoms with Gasteiger partial charge in [-0.1, -0.05) is 50.5 Å². The smallest absolute Gasteiger partial charge is 0.338 e. The molecule has 23 heavy (non-hydrogen) atoms. The van der Waals surface area contributed by atoms with Gasteiger partial charge in [0.2, 0.25) is 0 Å². The molecule has 3 rings (SSSR count). The summed E-state index contributed by atoms with van der Waals surface area (Å²) in [5.41, 5.74) is 2.64. The normalized spacial score (nSPS) is 12.0. The van der Waals surface area contributed by atoms with Crippen LogP contribution in [-0.2, 0) is 11.2 Å². The lowest BCUT2D eigenvalue weighted by atomic mass is 9.96. The first-order valence-electron chi connectivity index (χ1n) is 8.34. The number of hydrogen-bond acceptors (Lipinski definition) is 3. The van der Waals surface area contributed by atoms with E-state index in [-0.39, 0.29) is 5.97 Å². The van der Waals surface area contributed by atoms with Crippen molar-refractivity contribution in [1.29, 1.82) is 0 Å². The van der Waals surface area contributed by atoms with Gasteiger partial charge >= 0.3 is 5.97 Å². The Bertz CT molecular complexity index is 691. The summed E-state index contributed by atoms with van der Waals surface area (Å²) in [4.78, 5) is 12.4. The van der Waals surface area contributed by atoms with E-state index in [0.717, 1.165) is 35.5 Å². The summed E-state index contributed by atoms with van der Waals surface area (Å²) in [6.07, 6.45) is 5.09. The van der Waals surface area contributed by atoms with Crippen molar-refractivity contribution < 1.29 is 14.3 Å². The second kappa shape index (κ2) is 7.32. The standard InChI is InChI=1S/C20H22O3/c1-2-3-4-7-13-22-20(21)16-10-8-12-19-17(16)14-15-9-5-6-11-18(15)23-19/h5-6,8-12H,2-4,7,13-14H2,1H3. The topological polar surface area (TPSA) is 35.5 Å². The Balaban J connectivity index is 1.71. The van der Waals surface area contributed by atoms with Gasteiger partial charge in [-0.15, -0.1) is 0 Å². The van der Waals surface area contributed by atoms with Crippen LogP contribution in [0, 0.1) is 0 Å². The van der Waals surface area contributed by atoms with E-state index >= 15 is 0 Å². The molecule has 0 aromatic heterocycles. The Morgan fingerprint density at radius 2 is 1.87 bits per heavy atom. The predicted octanol–water partition coefficient (Wildman–Crippen LogP) is 5.12. The largest absolute Gasteiger partial charge is 0.462 e. The van der Waals surface area contributed by atoms with Crippen LogP contribution in [-0.4, -0.2) is 12.6 Å². The SMILES string of the molecule is CCCCCCOC(=O)c1cccc2c1Cc1ccccc1O2. The van der Waals surface area contributed by atoms with Crippen LogP contribution in [0.15, 0.2) is 42.5 Å². The third kappa shape index (κ3) is 3.55. The maximum atomic E-state index is 12.4. The molecule has 3 nitrogen and oxygen atoms in total. The zero-order chi connectivity index (χ0) is 16.1. The third-order valence-corrected chi connectivity index (χ3v) is 4.14. The maximum Gasteiger partial charge on any atom is 0.338 e. The number of unbranched alkanes of at least 4 members (excludes halogenated alkanes) is 3. The molecule has 0 spiro atoms. The van der Waals surface area contributed by atoms with Crippen molar-refractivity contribution >= 4 is 5.97 Å². The van der Waals surface area contributed by atoms with Gasteiger partial charge in [0.25, 0.3) is 0 Å². The molecule has 0 amide bonds. The van der Waals surface area contributed by atoms with Crippen LogP contribution >= 0.6 is 0 Å². The van der Waals surface area contributed by atoms with Gasteiger partial charge in [0.15, 0.2) is 0 Å². The highest BCUT2D eigenvalue weighted by atomic mass is 16.5. The molecule has 0 saturated heterocycles. The van der Waals surface area contributed by atoms with E-state index in [0.29, 0.717) is 18.6 Å². The van der Waals surface area contributed by atoms with Gasteiger partial charge in [-0.3, -0.25) is 0 Å². The molecule has 0 N–H and O–H groups in total. The zero-order valence-corrected chi connectivity index (χ0v) is 13.5. The summed E-state index contributed by atoms with van der Waals surface area (Å²) in [7, 11) is 0. The van der Waals surface area contributed by atoms with Crippen molar-refractivity contribution in [2.24, 2.45) is 0 Å². The Morgan fingerprint density at radius 3 is 2.74 bits per heavy atom. The minimum atomic E-state index is -0.249. The first kappa shape index (κ1) is 15.6. The van der Waals surface area contributed by atoms with Crippen molar-refractivity contribution in [2.75, 3.05) is 6.61 Å². The second-order valence-corrected chi connectivity index (χ2v) is 5.87. The van der Waals surface area contributed by atoms with Gasteiger partial charge in [-0.25, -0.2) is 4.79 Å². The summed E-state index contributed by atoms with van der Waals surface area (Å²) in [5, 5.41) is 0. The first-order chi connectivity index (χ1) is 11.3. The fourth-order valence-corrected chi connectivity index (χ4v) is 2.86. The molecular formula is C20H22O3. The minimum absolute atomic E-state index is 0.249. The van der Waals surface area contributed by atoms with E-state index in [1.54, 1.807) is 0 Å². The van der Waals surface area contributed by atoms with Crippen LogP contribution < -0.4 is 4.74 Å². The van der Waals surface area contributed by atoms with E-state index in [9.17, 15) is 4.79 Å². The average molecular weight is 310 g/mol. The Morgan fingerprint density at radius 1 is 1.04 bits per heavy atom. The molecule has 2 aromatic rings. The molecule has 1 aliphatic heterocycles. The van der Waals surface area contributed by atoms with E-state index < -0.39 is 0 Å². The Kier molecular flexibility index (Phi) is 4.96. The van der Waals surface area contributed by atoms with Gasteiger partial charge < -0.3 is 9.47 Å². The van der Waals surface area contributed by atoms with Crippen LogP contribution in [0.25, 0.3) is 0 Å². The highest BCUT2D eigenvalue weighted by Gasteiger charge is 2.22. The molecule has 3 heteroatoms. The predicted molar refractivity (Wildman–Crippen MR) is 90.2 cm³/mol. The number of fused-ring (bicyclic) bond motifs is 2. The zero-order valence-electron chi connectivity index (χ0n) is 13.5. The minimum Gasteiger partial charge on any atom is -0.462 e. The second-order valence-electron chi connectivity index (χ2n) is 5.87. The Labute approximate surface area is 137 Å². The lowest BCUT2D eigenvalue weighted by Crippen LogP contribution is -2.13. The number of benzene rings is 2. The van der Waals surface area contributed by atoms with Crippen molar-refractivity contribution in [3.8, 4) is 11.5 Å². The van der Waals surface area contributed by atoms with Crippen LogP contribution in [0.2, 0.25) is 0 Å². The molecule has 2 aromatic carbocycles. The van der Waals surface area contributed by atoms with Gasteiger partial charge in [-0.05, 0) is 30.2 Å². The molecule has 0 unspecified atom stereocenters. The van der Waals surface area contributed by atoms with Gasteiger partial charge in [0.1, 0.15) is 11.5 Å². The number of ether oxygens (including phenoxy) is 2. The molecule has 0 atom stereocenters. The lowest BCUT2D eigenvalue weighted by Gasteiger charge is -2.21. The molecule has 0 fully saturated rings. The van der Waals surface area contributed by atoms with Crippen LogP contribution in [0.5, 0.6) is 11.5 Å². The fraction of sp³-hybridized carbons (Fsp3) is 0.350. The summed E-state index contributed by atoms with van der Waals surface area (Å²) in [5.74, 6) is 1.37. The molecule has 0 radical (unpaired) electrons. The Hall–Kier alpha value is -2.29. The van der Waals surface area contributed by atoms with Gasteiger partial charge in [0, 0.05) is 12.0 Å². The van der Waals surface area contributed by atoms with Crippen molar-refractivity contribution in [3.63, 3.8) is 0 Å². The van der Waals surface area contributed by atoms with Crippen LogP contribution in [0.1, 0.15) is 54.1 Å². The number of para-hydroxylation sites is 1. The summed E-state index contributed by atoms with van der Waals surface area (Å²) in [6.45, 7) is 2.65. The molecule has 1 aliphatic rings. The fourth-order valence-electron chi connectivity index (χ4n) is 2.86. The summed E-state index contributed by atoms with van der Waals surface area (Å²) < 4.78 is 11.4. The van der Waals surface area contributed by atoms with Crippen LogP contribution in [0.4, 0.5) is 0 Å². The van der Waals surface area contributed by atoms with Crippen LogP contribution in [0.3, 0.4) is 0 Å². The van der Waals surface area contributed by atoms with Gasteiger partial charge in [-0.2, -0.15) is 0 Å². The molecule has 120 valence electrons. The molecule has 1 heterocycles. The maximum absolute atomic E-state index is 12.4. The first-order valence-corrected chi connectivity index (χ1v) is 8.34. The summed E-state index contributed by atoms with van der Waals surface area (Å²) in [6, 6.07) is 13.5. The van der Waals surface area contributed by atoms with E-state index in [2.05, 4.69) is 6.92 Å². The average Bonchev–Trinajstić information content (AvgIpc) is 2.59. The lowest BCUT2D eigenvalue weighted by molar-refractivity contribution is 0.0496. The highest BCUT2D eigenvalue weighted by Crippen LogP contribution is 2.37. The molecule has 0 aliphatic carbocycles. The monoisotopic (exact) mass is 310 g/mol. The summed E-state index contributed by atoms with van der Waals surface area (Å²) >= 11 is 0. The number of hydrogen-bond donors (Lipinski definition) is 0. The van der Waals surface area contributed by atoms with Crippen molar-refractivity contribution in [2.45, 2.75) is 39.0 Å². The van der Waals surface area contributed by atoms with Crippen molar-refractivity contribution in [1.82, 2.24) is 0 Å². The van der Waals surface area contributed by atoms with Crippen molar-refractivity contribution in [3.05, 3.63) is 59.2 Å². The molecule has 0 bridgehead atoms. The quantitative estimate of drug-likeness (QED) is 0.468. The third-order valence-electron chi connectivity index (χ3n) is 4.14. The van der Waals surface area contributed by atoms with Gasteiger partial charge in [0.05, 0.1) is 12.2 Å². The highest BCUT2D eigenvalue weighted by molar-refractivity contribution is 5.92. The molecule has 0 saturated carbocycles. The number of carbonyl (C=O) groups excluding carboxylic acids is 1. The van der Waals surface area contributed by atoms with E-state index in [1.807, 2.05) is 42.5 Å². The van der Waals surface area contributed by atoms with E-state index in [1.165, 1.54) is 12.8 Å². The number of rotatable bonds is 6. The van der Waals surface area contributed by atoms with E-state index in [4.69, 9.17) is 9.47 Å². The molecular weight excluding hydrogens is 288 g/mol. The number of carbonyl (C=O) groups is 1.